The molecule has 1 aromatic rings. The van der Waals surface area contributed by atoms with Gasteiger partial charge in [-0.15, -0.1) is 0 Å². The zero-order chi connectivity index (χ0) is 20.3. The van der Waals surface area contributed by atoms with Crippen LogP contribution in [0.25, 0.3) is 0 Å². The number of hydrogen-bond acceptors (Lipinski definition) is 6. The van der Waals surface area contributed by atoms with Crippen molar-refractivity contribution in [2.45, 2.75) is 19.0 Å². The first-order valence-corrected chi connectivity index (χ1v) is 9.44. The molecule has 1 heterocycles. The van der Waals surface area contributed by atoms with E-state index in [4.69, 9.17) is 17.0 Å². The zero-order valence-electron chi connectivity index (χ0n) is 14.3. The second-order valence-electron chi connectivity index (χ2n) is 5.23. The summed E-state index contributed by atoms with van der Waals surface area (Å²) in [6.45, 7) is -0.455. The number of rotatable bonds is 11. The molecule has 11 heteroatoms. The van der Waals surface area contributed by atoms with Crippen LogP contribution in [-0.2, 0) is 4.79 Å². The van der Waals surface area contributed by atoms with Gasteiger partial charge in [0, 0.05) is 36.9 Å². The van der Waals surface area contributed by atoms with Crippen LogP contribution in [0.5, 0.6) is 0 Å². The molecule has 1 aromatic heterocycles. The third-order valence-corrected chi connectivity index (χ3v) is 4.35. The van der Waals surface area contributed by atoms with E-state index >= 15 is 0 Å². The highest BCUT2D eigenvalue weighted by Crippen LogP contribution is 2.22. The van der Waals surface area contributed by atoms with Crippen LogP contribution >= 0.6 is 23.4 Å². The first-order valence-electron chi connectivity index (χ1n) is 7.91. The van der Waals surface area contributed by atoms with Crippen LogP contribution < -0.4 is 5.32 Å². The van der Waals surface area contributed by atoms with E-state index in [0.717, 1.165) is 16.7 Å². The highest BCUT2D eigenvalue weighted by atomic mass is 35.5. The van der Waals surface area contributed by atoms with Gasteiger partial charge in [-0.05, 0) is 12.1 Å². The molecule has 0 aliphatic rings. The molecular formula is C16H20ClF3N4O2S. The monoisotopic (exact) mass is 424 g/mol. The molecule has 0 aliphatic carbocycles. The van der Waals surface area contributed by atoms with E-state index in [0.29, 0.717) is 5.69 Å². The van der Waals surface area contributed by atoms with Crippen molar-refractivity contribution in [3.63, 3.8) is 0 Å². The second kappa shape index (κ2) is 11.8. The molecule has 1 amide bonds. The summed E-state index contributed by atoms with van der Waals surface area (Å²) in [4.78, 5) is 17.4. The minimum atomic E-state index is -4.22. The molecule has 150 valence electrons. The summed E-state index contributed by atoms with van der Waals surface area (Å²) in [5, 5.41) is 19.3. The van der Waals surface area contributed by atoms with E-state index in [1.807, 2.05) is 0 Å². The van der Waals surface area contributed by atoms with Gasteiger partial charge in [0.1, 0.15) is 5.17 Å². The number of nitrogens with zero attached hydrogens (tertiary/aromatic N) is 2. The number of thioether (sulfide) groups is 1. The number of carbonyl (C=O) groups is 1. The molecule has 0 unspecified atom stereocenters. The van der Waals surface area contributed by atoms with Crippen LogP contribution in [0.4, 0.5) is 18.9 Å². The smallest absolute Gasteiger partial charge is 0.389 e. The second-order valence-corrected chi connectivity index (χ2v) is 6.83. The molecule has 27 heavy (non-hydrogen) atoms. The minimum Gasteiger partial charge on any atom is -0.395 e. The van der Waals surface area contributed by atoms with Gasteiger partial charge >= 0.3 is 6.18 Å². The van der Waals surface area contributed by atoms with Crippen molar-refractivity contribution < 1.29 is 23.1 Å². The Bertz CT molecular complexity index is 644. The largest absolute Gasteiger partial charge is 0.395 e. The fraction of sp³-hybridized carbons (Fsp3) is 0.438. The summed E-state index contributed by atoms with van der Waals surface area (Å²) in [5.41, 5.74) is 0.645. The number of amides is 1. The molecule has 0 fully saturated rings. The predicted octanol–water partition coefficient (Wildman–Crippen LogP) is 3.45. The first-order chi connectivity index (χ1) is 12.7. The van der Waals surface area contributed by atoms with Crippen molar-refractivity contribution in [3.8, 4) is 0 Å². The van der Waals surface area contributed by atoms with Crippen LogP contribution in [0, 0.1) is 5.41 Å². The summed E-state index contributed by atoms with van der Waals surface area (Å²) < 4.78 is 36.3. The third-order valence-electron chi connectivity index (χ3n) is 3.17. The number of hydrogen-bond donors (Lipinski definition) is 3. The summed E-state index contributed by atoms with van der Waals surface area (Å²) in [6.07, 6.45) is -0.729. The minimum absolute atomic E-state index is 0.0415. The van der Waals surface area contributed by atoms with Crippen LogP contribution in [0.1, 0.15) is 12.8 Å². The van der Waals surface area contributed by atoms with Gasteiger partial charge in [-0.25, -0.2) is 0 Å². The van der Waals surface area contributed by atoms with Crippen molar-refractivity contribution >= 4 is 40.1 Å². The first kappa shape index (κ1) is 23.3. The molecule has 0 spiro atoms. The van der Waals surface area contributed by atoms with E-state index in [1.54, 1.807) is 18.3 Å². The molecule has 3 N–H and O–H groups in total. The van der Waals surface area contributed by atoms with Crippen molar-refractivity contribution in [2.75, 3.05) is 30.0 Å². The lowest BCUT2D eigenvalue weighted by atomic mass is 10.3. The van der Waals surface area contributed by atoms with Gasteiger partial charge in [-0.1, -0.05) is 11.6 Å². The number of pyridine rings is 1. The summed E-state index contributed by atoms with van der Waals surface area (Å²) in [5.74, 6) is -0.392. The Balaban J connectivity index is 2.70. The standard InChI is InChI=1S/C16H20ClF3N4O2S/c17-15(21)13(11-23-12-2-1-5-22-10-12)24(6-7-25)14(26)3-8-27-9-4-16(18,19)20/h1-2,5,10-11,21,23,25H,3-4,6-9H2/b13-11+,21-15?. The molecule has 0 atom stereocenters. The van der Waals surface area contributed by atoms with Gasteiger partial charge in [0.25, 0.3) is 0 Å². The fourth-order valence-corrected chi connectivity index (χ4v) is 2.98. The molecule has 0 bridgehead atoms. The normalized spacial score (nSPS) is 12.0. The fourth-order valence-electron chi connectivity index (χ4n) is 1.92. The molecule has 6 nitrogen and oxygen atoms in total. The van der Waals surface area contributed by atoms with Gasteiger partial charge in [0.05, 0.1) is 30.6 Å². The lowest BCUT2D eigenvalue weighted by Gasteiger charge is -2.24. The number of carbonyl (C=O) groups excluding carboxylic acids is 1. The number of halogens is 4. The Morgan fingerprint density at radius 2 is 2.19 bits per heavy atom. The molecule has 0 aliphatic heterocycles. The van der Waals surface area contributed by atoms with Crippen molar-refractivity contribution in [1.82, 2.24) is 9.88 Å². The van der Waals surface area contributed by atoms with Crippen molar-refractivity contribution in [1.29, 1.82) is 5.41 Å². The van der Waals surface area contributed by atoms with Crippen LogP contribution in [0.3, 0.4) is 0 Å². The van der Waals surface area contributed by atoms with Crippen LogP contribution in [-0.4, -0.2) is 56.9 Å². The van der Waals surface area contributed by atoms with E-state index < -0.39 is 23.7 Å². The van der Waals surface area contributed by atoms with Crippen LogP contribution in [0.15, 0.2) is 36.4 Å². The Kier molecular flexibility index (Phi) is 10.2. The maximum absolute atomic E-state index is 12.4. The molecular weight excluding hydrogens is 405 g/mol. The van der Waals surface area contributed by atoms with Gasteiger partial charge < -0.3 is 15.3 Å². The predicted molar refractivity (Wildman–Crippen MR) is 101 cm³/mol. The summed E-state index contributed by atoms with van der Waals surface area (Å²) >= 11 is 6.79. The summed E-state index contributed by atoms with van der Waals surface area (Å²) in [7, 11) is 0. The average Bonchev–Trinajstić information content (AvgIpc) is 2.60. The Morgan fingerprint density at radius 3 is 2.74 bits per heavy atom. The Morgan fingerprint density at radius 1 is 1.44 bits per heavy atom. The molecule has 0 saturated heterocycles. The SMILES string of the molecule is N=C(Cl)/C(=C\Nc1cccnc1)N(CCO)C(=O)CCSCCC(F)(F)F. The van der Waals surface area contributed by atoms with Gasteiger partial charge in [-0.2, -0.15) is 24.9 Å². The van der Waals surface area contributed by atoms with E-state index in [9.17, 15) is 23.1 Å². The number of anilines is 1. The average molecular weight is 425 g/mol. The van der Waals surface area contributed by atoms with Gasteiger partial charge in [0.15, 0.2) is 0 Å². The number of nitrogens with one attached hydrogen (secondary N) is 2. The van der Waals surface area contributed by atoms with Gasteiger partial charge in [-0.3, -0.25) is 15.2 Å². The molecule has 0 saturated carbocycles. The molecule has 1 rings (SSSR count). The lowest BCUT2D eigenvalue weighted by molar-refractivity contribution is -0.129. The number of alkyl halides is 3. The maximum atomic E-state index is 12.4. The quantitative estimate of drug-likeness (QED) is 0.374. The lowest BCUT2D eigenvalue weighted by Crippen LogP contribution is -2.35. The molecule has 0 aromatic carbocycles. The summed E-state index contributed by atoms with van der Waals surface area (Å²) in [6, 6.07) is 3.41. The van der Waals surface area contributed by atoms with Gasteiger partial charge in [0.2, 0.25) is 5.91 Å². The van der Waals surface area contributed by atoms with E-state index in [-0.39, 0.29) is 36.8 Å². The Labute approximate surface area is 164 Å². The number of aromatic nitrogens is 1. The number of allylic oxidation sites excluding steroid dienone is 1. The van der Waals surface area contributed by atoms with E-state index in [1.165, 1.54) is 12.4 Å². The Hall–Kier alpha value is -1.78. The van der Waals surface area contributed by atoms with Crippen molar-refractivity contribution in [3.05, 3.63) is 36.4 Å². The number of aliphatic hydroxyl groups is 1. The zero-order valence-corrected chi connectivity index (χ0v) is 15.9. The third kappa shape index (κ3) is 9.64. The van der Waals surface area contributed by atoms with Crippen molar-refractivity contribution in [2.24, 2.45) is 0 Å². The maximum Gasteiger partial charge on any atom is 0.389 e. The van der Waals surface area contributed by atoms with E-state index in [2.05, 4.69) is 10.3 Å². The highest BCUT2D eigenvalue weighted by molar-refractivity contribution is 7.99. The topological polar surface area (TPSA) is 89.3 Å². The molecule has 0 radical (unpaired) electrons. The van der Waals surface area contributed by atoms with Crippen LogP contribution in [0.2, 0.25) is 0 Å². The number of aliphatic hydroxyl groups excluding tert-OH is 1. The highest BCUT2D eigenvalue weighted by Gasteiger charge is 2.26.